The van der Waals surface area contributed by atoms with Gasteiger partial charge in [0.05, 0.1) is 30.3 Å². The van der Waals surface area contributed by atoms with E-state index in [1.807, 2.05) is 18.2 Å². The lowest BCUT2D eigenvalue weighted by molar-refractivity contribution is 0.00797. The minimum Gasteiger partial charge on any atom is -0.497 e. The number of hydrogen-bond donors (Lipinski definition) is 1. The number of ether oxygens (including phenoxy) is 4. The number of nitrogens with one attached hydrogen (secondary N) is 1. The van der Waals surface area contributed by atoms with Gasteiger partial charge in [-0.2, -0.15) is 0 Å². The Labute approximate surface area is 217 Å². The molecule has 1 amide bonds. The van der Waals surface area contributed by atoms with Crippen molar-refractivity contribution in [3.05, 3.63) is 87.4 Å². The average molecular weight is 552 g/mol. The van der Waals surface area contributed by atoms with E-state index in [0.29, 0.717) is 32.8 Å². The zero-order valence-corrected chi connectivity index (χ0v) is 21.5. The number of rotatable bonds is 5. The van der Waals surface area contributed by atoms with E-state index in [1.54, 1.807) is 43.5 Å². The highest BCUT2D eigenvalue weighted by molar-refractivity contribution is 9.10. The monoisotopic (exact) mass is 551 g/mol. The molecule has 0 spiro atoms. The van der Waals surface area contributed by atoms with E-state index in [0.717, 1.165) is 24.8 Å². The molecule has 0 fully saturated rings. The van der Waals surface area contributed by atoms with Crippen molar-refractivity contribution in [2.75, 3.05) is 14.2 Å². The predicted octanol–water partition coefficient (Wildman–Crippen LogP) is 5.96. The molecule has 8 heteroatoms. The molecule has 0 saturated heterocycles. The first-order valence-corrected chi connectivity index (χ1v) is 12.5. The van der Waals surface area contributed by atoms with Gasteiger partial charge in [0.2, 0.25) is 11.9 Å². The van der Waals surface area contributed by atoms with Crippen LogP contribution in [0.25, 0.3) is 0 Å². The number of carbonyl (C=O) groups excluding carboxylic acids is 2. The third-order valence-electron chi connectivity index (χ3n) is 6.64. The molecule has 0 radical (unpaired) electrons. The van der Waals surface area contributed by atoms with E-state index in [4.69, 9.17) is 18.9 Å². The summed E-state index contributed by atoms with van der Waals surface area (Å²) in [6.07, 6.45) is 0.0428. The summed E-state index contributed by atoms with van der Waals surface area (Å²) in [6, 6.07) is 18.3. The number of halogens is 1. The molecule has 5 rings (SSSR count). The normalized spacial score (nSPS) is 20.4. The van der Waals surface area contributed by atoms with Crippen molar-refractivity contribution >= 4 is 27.8 Å². The highest BCUT2D eigenvalue weighted by Gasteiger charge is 2.42. The third-order valence-corrected chi connectivity index (χ3v) is 7.26. The SMILES string of the molecule is COc1ccc2c(c1)C(=O)[C@@H](OC(=O)N[C@H]1CCCc3ccccc31)[C@H](c1ccc(OC)c(Br)c1)O2. The van der Waals surface area contributed by atoms with Crippen LogP contribution in [0.3, 0.4) is 0 Å². The summed E-state index contributed by atoms with van der Waals surface area (Å²) in [4.78, 5) is 26.7. The number of carbonyl (C=O) groups is 2. The zero-order chi connectivity index (χ0) is 25.2. The number of Topliss-reactive ketones (excluding diaryl/α,β-unsaturated/α-hetero) is 1. The van der Waals surface area contributed by atoms with Crippen molar-refractivity contribution in [2.24, 2.45) is 0 Å². The Kier molecular flexibility index (Phi) is 6.87. The van der Waals surface area contributed by atoms with Gasteiger partial charge in [0.15, 0.2) is 6.10 Å². The highest BCUT2D eigenvalue weighted by atomic mass is 79.9. The number of alkyl carbamates (subject to hydrolysis) is 1. The van der Waals surface area contributed by atoms with E-state index in [9.17, 15) is 9.59 Å². The fourth-order valence-corrected chi connectivity index (χ4v) is 5.39. The van der Waals surface area contributed by atoms with Crippen LogP contribution in [-0.2, 0) is 11.2 Å². The predicted molar refractivity (Wildman–Crippen MR) is 137 cm³/mol. The van der Waals surface area contributed by atoms with Crippen LogP contribution in [-0.4, -0.2) is 32.2 Å². The molecule has 0 aromatic heterocycles. The van der Waals surface area contributed by atoms with Crippen molar-refractivity contribution < 1.29 is 28.5 Å². The third kappa shape index (κ3) is 4.65. The largest absolute Gasteiger partial charge is 0.497 e. The molecular formula is C28H26BrNO6. The molecule has 3 aromatic carbocycles. The number of fused-ring (bicyclic) bond motifs is 2. The van der Waals surface area contributed by atoms with Crippen LogP contribution in [0.1, 0.15) is 52.0 Å². The highest BCUT2D eigenvalue weighted by Crippen LogP contribution is 2.40. The number of aryl methyl sites for hydroxylation is 1. The Morgan fingerprint density at radius 1 is 1.06 bits per heavy atom. The van der Waals surface area contributed by atoms with Crippen LogP contribution in [0.15, 0.2) is 65.1 Å². The van der Waals surface area contributed by atoms with Gasteiger partial charge in [-0.3, -0.25) is 4.79 Å². The molecule has 0 saturated carbocycles. The number of benzene rings is 3. The van der Waals surface area contributed by atoms with Crippen molar-refractivity contribution in [2.45, 2.75) is 37.5 Å². The Morgan fingerprint density at radius 2 is 1.89 bits per heavy atom. The molecule has 1 aliphatic carbocycles. The summed E-state index contributed by atoms with van der Waals surface area (Å²) < 4.78 is 23.3. The van der Waals surface area contributed by atoms with Crippen molar-refractivity contribution in [1.82, 2.24) is 5.32 Å². The summed E-state index contributed by atoms with van der Waals surface area (Å²) >= 11 is 3.49. The Hall–Kier alpha value is -3.52. The van der Waals surface area contributed by atoms with E-state index >= 15 is 0 Å². The summed E-state index contributed by atoms with van der Waals surface area (Å²) in [6.45, 7) is 0. The van der Waals surface area contributed by atoms with Crippen LogP contribution in [0.4, 0.5) is 4.79 Å². The van der Waals surface area contributed by atoms with Crippen LogP contribution < -0.4 is 19.5 Å². The lowest BCUT2D eigenvalue weighted by Gasteiger charge is -2.33. The van der Waals surface area contributed by atoms with Gasteiger partial charge < -0.3 is 24.3 Å². The molecular weight excluding hydrogens is 526 g/mol. The lowest BCUT2D eigenvalue weighted by Crippen LogP contribution is -2.43. The Morgan fingerprint density at radius 3 is 2.67 bits per heavy atom. The quantitative estimate of drug-likeness (QED) is 0.421. The average Bonchev–Trinajstić information content (AvgIpc) is 2.90. The number of amides is 1. The van der Waals surface area contributed by atoms with E-state index in [-0.39, 0.29) is 11.8 Å². The van der Waals surface area contributed by atoms with Gasteiger partial charge >= 0.3 is 6.09 Å². The summed E-state index contributed by atoms with van der Waals surface area (Å²) in [7, 11) is 3.10. The summed E-state index contributed by atoms with van der Waals surface area (Å²) in [5.74, 6) is 1.20. The van der Waals surface area contributed by atoms with Crippen molar-refractivity contribution in [1.29, 1.82) is 0 Å². The smallest absolute Gasteiger partial charge is 0.408 e. The maximum absolute atomic E-state index is 13.6. The van der Waals surface area contributed by atoms with Crippen molar-refractivity contribution in [3.8, 4) is 17.2 Å². The molecule has 0 unspecified atom stereocenters. The van der Waals surface area contributed by atoms with Crippen LogP contribution in [0, 0.1) is 0 Å². The molecule has 3 atom stereocenters. The van der Waals surface area contributed by atoms with Gasteiger partial charge in [-0.25, -0.2) is 4.79 Å². The number of ketones is 1. The van der Waals surface area contributed by atoms with E-state index < -0.39 is 18.3 Å². The lowest BCUT2D eigenvalue weighted by atomic mass is 9.88. The summed E-state index contributed by atoms with van der Waals surface area (Å²) in [5, 5.41) is 2.97. The molecule has 1 N–H and O–H groups in total. The zero-order valence-electron chi connectivity index (χ0n) is 20.0. The van der Waals surface area contributed by atoms with E-state index in [1.165, 1.54) is 12.7 Å². The maximum atomic E-state index is 13.6. The number of hydrogen-bond acceptors (Lipinski definition) is 6. The standard InChI is InChI=1S/C28H26BrNO6/c1-33-18-11-13-23-20(15-18)25(31)27(26(35-23)17-10-12-24(34-2)21(29)14-17)36-28(32)30-22-9-5-7-16-6-3-4-8-19(16)22/h3-4,6,8,10-15,22,26-27H,5,7,9H2,1-2H3,(H,30,32)/t22-,26-,27+/m0/s1. The molecule has 0 bridgehead atoms. The summed E-state index contributed by atoms with van der Waals surface area (Å²) in [5.41, 5.74) is 3.27. The fourth-order valence-electron chi connectivity index (χ4n) is 4.83. The first kappa shape index (κ1) is 24.2. The van der Waals surface area contributed by atoms with Crippen molar-refractivity contribution in [3.63, 3.8) is 0 Å². The minimum absolute atomic E-state index is 0.178. The van der Waals surface area contributed by atoms with Crippen LogP contribution >= 0.6 is 15.9 Å². The van der Waals surface area contributed by atoms with Gasteiger partial charge in [0.1, 0.15) is 17.2 Å². The van der Waals surface area contributed by atoms with Gasteiger partial charge in [0, 0.05) is 0 Å². The first-order chi connectivity index (χ1) is 17.5. The number of methoxy groups -OCH3 is 2. The van der Waals surface area contributed by atoms with Crippen LogP contribution in [0.5, 0.6) is 17.2 Å². The topological polar surface area (TPSA) is 83.1 Å². The fraction of sp³-hybridized carbons (Fsp3) is 0.286. The molecule has 1 heterocycles. The van der Waals surface area contributed by atoms with Gasteiger partial charge in [-0.1, -0.05) is 30.3 Å². The van der Waals surface area contributed by atoms with Crippen LogP contribution in [0.2, 0.25) is 0 Å². The molecule has 7 nitrogen and oxygen atoms in total. The first-order valence-electron chi connectivity index (χ1n) is 11.8. The second-order valence-electron chi connectivity index (χ2n) is 8.77. The second-order valence-corrected chi connectivity index (χ2v) is 9.63. The second kappa shape index (κ2) is 10.2. The molecule has 3 aromatic rings. The molecule has 36 heavy (non-hydrogen) atoms. The molecule has 186 valence electrons. The molecule has 2 aliphatic rings. The minimum atomic E-state index is -1.19. The van der Waals surface area contributed by atoms with Gasteiger partial charge in [-0.15, -0.1) is 0 Å². The van der Waals surface area contributed by atoms with Gasteiger partial charge in [-0.05, 0) is 82.2 Å². The molecule has 1 aliphatic heterocycles. The Bertz CT molecular complexity index is 1310. The maximum Gasteiger partial charge on any atom is 0.408 e. The van der Waals surface area contributed by atoms with E-state index in [2.05, 4.69) is 27.3 Å². The van der Waals surface area contributed by atoms with Gasteiger partial charge in [0.25, 0.3) is 0 Å². The Balaban J connectivity index is 1.45.